The Morgan fingerprint density at radius 3 is 2.80 bits per heavy atom. The monoisotopic (exact) mass is 244 g/mol. The van der Waals surface area contributed by atoms with Gasteiger partial charge in [0.15, 0.2) is 0 Å². The van der Waals surface area contributed by atoms with Crippen LogP contribution < -0.4 is 5.32 Å². The van der Waals surface area contributed by atoms with Crippen molar-refractivity contribution in [3.05, 3.63) is 20.8 Å². The molecule has 2 nitrogen and oxygen atoms in total. The van der Waals surface area contributed by atoms with Crippen LogP contribution in [0.4, 0.5) is 0 Å². The van der Waals surface area contributed by atoms with Crippen molar-refractivity contribution >= 4 is 22.9 Å². The largest absolute Gasteiger partial charge is 0.314 e. The summed E-state index contributed by atoms with van der Waals surface area (Å²) in [5, 5.41) is 3.36. The van der Waals surface area contributed by atoms with E-state index in [0.717, 1.165) is 30.4 Å². The van der Waals surface area contributed by atoms with E-state index < -0.39 is 0 Å². The number of thiophene rings is 1. The van der Waals surface area contributed by atoms with Gasteiger partial charge in [0.2, 0.25) is 0 Å². The molecule has 1 aliphatic heterocycles. The Labute approximate surface area is 100 Å². The van der Waals surface area contributed by atoms with Gasteiger partial charge < -0.3 is 10.2 Å². The van der Waals surface area contributed by atoms with Gasteiger partial charge in [-0.1, -0.05) is 11.6 Å². The minimum atomic E-state index is 0.975. The zero-order valence-electron chi connectivity index (χ0n) is 9.05. The van der Waals surface area contributed by atoms with Crippen LogP contribution in [0.15, 0.2) is 6.07 Å². The van der Waals surface area contributed by atoms with Crippen LogP contribution in [0.25, 0.3) is 0 Å². The van der Waals surface area contributed by atoms with Crippen LogP contribution in [0.2, 0.25) is 4.34 Å². The Kier molecular flexibility index (Phi) is 4.03. The highest BCUT2D eigenvalue weighted by Crippen LogP contribution is 2.27. The maximum atomic E-state index is 6.15. The standard InChI is InChI=1S/C11H17ClN2S/c1-9-8-10(11(12)15-9)2-5-14-6-3-13-4-7-14/h8,13H,2-7H2,1H3. The molecule has 1 fully saturated rings. The van der Waals surface area contributed by atoms with E-state index in [0.29, 0.717) is 0 Å². The highest BCUT2D eigenvalue weighted by molar-refractivity contribution is 7.16. The SMILES string of the molecule is Cc1cc(CCN2CCNCC2)c(Cl)s1. The average Bonchev–Trinajstić information content (AvgIpc) is 2.56. The normalized spacial score (nSPS) is 18.3. The molecule has 2 heterocycles. The second-order valence-corrected chi connectivity index (χ2v) is 5.86. The second kappa shape index (κ2) is 5.30. The summed E-state index contributed by atoms with van der Waals surface area (Å²) < 4.78 is 0.975. The van der Waals surface area contributed by atoms with E-state index in [4.69, 9.17) is 11.6 Å². The molecule has 15 heavy (non-hydrogen) atoms. The summed E-state index contributed by atoms with van der Waals surface area (Å²) in [4.78, 5) is 3.81. The summed E-state index contributed by atoms with van der Waals surface area (Å²) in [6.45, 7) is 7.83. The molecular formula is C11H17ClN2S. The topological polar surface area (TPSA) is 15.3 Å². The van der Waals surface area contributed by atoms with Gasteiger partial charge in [-0.3, -0.25) is 0 Å². The van der Waals surface area contributed by atoms with Crippen molar-refractivity contribution in [3.8, 4) is 0 Å². The third kappa shape index (κ3) is 3.18. The number of nitrogens with zero attached hydrogens (tertiary/aromatic N) is 1. The minimum Gasteiger partial charge on any atom is -0.314 e. The van der Waals surface area contributed by atoms with Crippen molar-refractivity contribution < 1.29 is 0 Å². The molecule has 0 amide bonds. The van der Waals surface area contributed by atoms with Crippen LogP contribution in [0.1, 0.15) is 10.4 Å². The van der Waals surface area contributed by atoms with Gasteiger partial charge in [-0.15, -0.1) is 11.3 Å². The minimum absolute atomic E-state index is 0.975. The van der Waals surface area contributed by atoms with Crippen molar-refractivity contribution in [2.75, 3.05) is 32.7 Å². The van der Waals surface area contributed by atoms with Crippen LogP contribution in [0.5, 0.6) is 0 Å². The number of halogens is 1. The van der Waals surface area contributed by atoms with Crippen LogP contribution in [-0.2, 0) is 6.42 Å². The highest BCUT2D eigenvalue weighted by Gasteiger charge is 2.11. The first kappa shape index (κ1) is 11.4. The van der Waals surface area contributed by atoms with Gasteiger partial charge in [0.1, 0.15) is 0 Å². The third-order valence-corrected chi connectivity index (χ3v) is 4.14. The van der Waals surface area contributed by atoms with E-state index in [1.807, 2.05) is 0 Å². The second-order valence-electron chi connectivity index (χ2n) is 4.00. The fourth-order valence-electron chi connectivity index (χ4n) is 1.92. The molecule has 0 aromatic carbocycles. The average molecular weight is 245 g/mol. The van der Waals surface area contributed by atoms with Gasteiger partial charge in [-0.25, -0.2) is 0 Å². The molecule has 1 aromatic rings. The summed E-state index contributed by atoms with van der Waals surface area (Å²) in [5.74, 6) is 0. The number of hydrogen-bond donors (Lipinski definition) is 1. The Bertz CT molecular complexity index is 318. The molecule has 0 aliphatic carbocycles. The van der Waals surface area contributed by atoms with E-state index in [2.05, 4.69) is 23.2 Å². The van der Waals surface area contributed by atoms with Crippen molar-refractivity contribution in [2.45, 2.75) is 13.3 Å². The molecule has 0 bridgehead atoms. The third-order valence-electron chi connectivity index (χ3n) is 2.79. The molecule has 0 atom stereocenters. The molecule has 0 spiro atoms. The lowest BCUT2D eigenvalue weighted by atomic mass is 10.2. The Balaban J connectivity index is 1.84. The van der Waals surface area contributed by atoms with Crippen LogP contribution >= 0.6 is 22.9 Å². The highest BCUT2D eigenvalue weighted by atomic mass is 35.5. The predicted molar refractivity (Wildman–Crippen MR) is 67.1 cm³/mol. The van der Waals surface area contributed by atoms with Crippen molar-refractivity contribution in [1.29, 1.82) is 0 Å². The number of piperazine rings is 1. The molecule has 2 rings (SSSR count). The summed E-state index contributed by atoms with van der Waals surface area (Å²) in [5.41, 5.74) is 1.32. The van der Waals surface area contributed by atoms with E-state index in [1.165, 1.54) is 23.5 Å². The zero-order chi connectivity index (χ0) is 10.7. The van der Waals surface area contributed by atoms with Gasteiger partial charge in [0, 0.05) is 37.6 Å². The molecule has 0 saturated carbocycles. The number of aryl methyl sites for hydroxylation is 1. The van der Waals surface area contributed by atoms with E-state index in [1.54, 1.807) is 11.3 Å². The lowest BCUT2D eigenvalue weighted by Crippen LogP contribution is -2.44. The number of rotatable bonds is 3. The summed E-state index contributed by atoms with van der Waals surface area (Å²) in [6.07, 6.45) is 1.09. The van der Waals surface area contributed by atoms with Gasteiger partial charge in [0.05, 0.1) is 4.34 Å². The molecular weight excluding hydrogens is 228 g/mol. The maximum absolute atomic E-state index is 6.15. The van der Waals surface area contributed by atoms with Gasteiger partial charge >= 0.3 is 0 Å². The van der Waals surface area contributed by atoms with Gasteiger partial charge in [0.25, 0.3) is 0 Å². The molecule has 0 unspecified atom stereocenters. The molecule has 0 radical (unpaired) electrons. The smallest absolute Gasteiger partial charge is 0.0963 e. The lowest BCUT2D eigenvalue weighted by Gasteiger charge is -2.26. The van der Waals surface area contributed by atoms with Crippen LogP contribution in [0, 0.1) is 6.92 Å². The lowest BCUT2D eigenvalue weighted by molar-refractivity contribution is 0.244. The Morgan fingerprint density at radius 2 is 2.20 bits per heavy atom. The van der Waals surface area contributed by atoms with Gasteiger partial charge in [-0.05, 0) is 25.0 Å². The summed E-state index contributed by atoms with van der Waals surface area (Å²) in [7, 11) is 0. The Hall–Kier alpha value is -0.0900. The predicted octanol–water partition coefficient (Wildman–Crippen LogP) is 2.16. The number of hydrogen-bond acceptors (Lipinski definition) is 3. The van der Waals surface area contributed by atoms with E-state index in [-0.39, 0.29) is 0 Å². The van der Waals surface area contributed by atoms with E-state index in [9.17, 15) is 0 Å². The van der Waals surface area contributed by atoms with Crippen molar-refractivity contribution in [1.82, 2.24) is 10.2 Å². The van der Waals surface area contributed by atoms with Crippen LogP contribution in [-0.4, -0.2) is 37.6 Å². The van der Waals surface area contributed by atoms with E-state index >= 15 is 0 Å². The zero-order valence-corrected chi connectivity index (χ0v) is 10.6. The molecule has 4 heteroatoms. The summed E-state index contributed by atoms with van der Waals surface area (Å²) >= 11 is 7.84. The molecule has 84 valence electrons. The molecule has 1 N–H and O–H groups in total. The fourth-order valence-corrected chi connectivity index (χ4v) is 3.21. The summed E-state index contributed by atoms with van der Waals surface area (Å²) in [6, 6.07) is 2.22. The first-order chi connectivity index (χ1) is 7.25. The first-order valence-electron chi connectivity index (χ1n) is 5.43. The fraction of sp³-hybridized carbons (Fsp3) is 0.636. The quantitative estimate of drug-likeness (QED) is 0.877. The molecule has 1 saturated heterocycles. The van der Waals surface area contributed by atoms with Crippen molar-refractivity contribution in [3.63, 3.8) is 0 Å². The molecule has 1 aromatic heterocycles. The number of nitrogens with one attached hydrogen (secondary N) is 1. The Morgan fingerprint density at radius 1 is 1.47 bits per heavy atom. The van der Waals surface area contributed by atoms with Gasteiger partial charge in [-0.2, -0.15) is 0 Å². The maximum Gasteiger partial charge on any atom is 0.0963 e. The first-order valence-corrected chi connectivity index (χ1v) is 6.63. The van der Waals surface area contributed by atoms with Crippen molar-refractivity contribution in [2.24, 2.45) is 0 Å². The van der Waals surface area contributed by atoms with Crippen LogP contribution in [0.3, 0.4) is 0 Å². The molecule has 1 aliphatic rings.